The predicted molar refractivity (Wildman–Crippen MR) is 122 cm³/mol. The first-order valence-electron chi connectivity index (χ1n) is 10.8. The van der Waals surface area contributed by atoms with Gasteiger partial charge in [0.2, 0.25) is 5.82 Å². The number of carbonyl (C=O) groups excluding carboxylic acids is 2. The minimum Gasteiger partial charge on any atom is -0.493 e. The average molecular weight is 518 g/mol. The number of rotatable bonds is 9. The fourth-order valence-electron chi connectivity index (χ4n) is 3.51. The molecule has 2 heterocycles. The zero-order valence-electron chi connectivity index (χ0n) is 19.6. The summed E-state index contributed by atoms with van der Waals surface area (Å²) < 4.78 is 56.5. The molecule has 2 aromatic carbocycles. The number of fused-ring (bicyclic) bond motifs is 1. The number of amides is 2. The number of nitrogens with zero attached hydrogens (tertiary/aromatic N) is 4. The van der Waals surface area contributed by atoms with E-state index in [0.29, 0.717) is 17.1 Å². The number of halogens is 3. The lowest BCUT2D eigenvalue weighted by atomic mass is 10.2. The van der Waals surface area contributed by atoms with Crippen LogP contribution in [0.5, 0.6) is 11.5 Å². The minimum atomic E-state index is -4.70. The third-order valence-corrected chi connectivity index (χ3v) is 5.21. The highest BCUT2D eigenvalue weighted by atomic mass is 19.4. The van der Waals surface area contributed by atoms with E-state index in [1.165, 1.54) is 32.4 Å². The van der Waals surface area contributed by atoms with Crippen molar-refractivity contribution in [2.24, 2.45) is 0 Å². The van der Waals surface area contributed by atoms with Crippen LogP contribution in [0.1, 0.15) is 32.7 Å². The standard InChI is InChI=1S/C23H21F3N6O5/c1-35-16-8-7-13(11-17(16)36-2)19(33)27-9-10-28-20(34)21-30-18(31-37-21)12-32-15-6-4-3-5-14(15)29-22(32)23(24,25)26/h3-8,11H,9-10,12H2,1-2H3,(H,27,33)(H,28,34). The Labute approximate surface area is 207 Å². The van der Waals surface area contributed by atoms with Gasteiger partial charge in [-0.15, -0.1) is 0 Å². The number of hydrogen-bond acceptors (Lipinski definition) is 8. The van der Waals surface area contributed by atoms with Crippen LogP contribution < -0.4 is 20.1 Å². The van der Waals surface area contributed by atoms with Gasteiger partial charge < -0.3 is 29.2 Å². The van der Waals surface area contributed by atoms with Gasteiger partial charge in [-0.05, 0) is 30.3 Å². The number of carbonyl (C=O) groups is 2. The number of alkyl halides is 3. The molecule has 2 N–H and O–H groups in total. The lowest BCUT2D eigenvalue weighted by molar-refractivity contribution is -0.146. The summed E-state index contributed by atoms with van der Waals surface area (Å²) in [6.07, 6.45) is -4.70. The average Bonchev–Trinajstić information content (AvgIpc) is 3.51. The normalized spacial score (nSPS) is 11.4. The van der Waals surface area contributed by atoms with Crippen LogP contribution in [0.25, 0.3) is 11.0 Å². The van der Waals surface area contributed by atoms with Crippen molar-refractivity contribution in [2.45, 2.75) is 12.7 Å². The van der Waals surface area contributed by atoms with Gasteiger partial charge >= 0.3 is 18.0 Å². The molecule has 14 heteroatoms. The van der Waals surface area contributed by atoms with Crippen LogP contribution in [0.4, 0.5) is 13.2 Å². The summed E-state index contributed by atoms with van der Waals surface area (Å²) in [5.41, 5.74) is 0.720. The molecule has 4 aromatic rings. The lowest BCUT2D eigenvalue weighted by Crippen LogP contribution is -2.34. The van der Waals surface area contributed by atoms with Crippen molar-refractivity contribution in [1.82, 2.24) is 30.3 Å². The van der Waals surface area contributed by atoms with Gasteiger partial charge in [0, 0.05) is 18.7 Å². The summed E-state index contributed by atoms with van der Waals surface area (Å²) in [7, 11) is 2.93. The van der Waals surface area contributed by atoms with E-state index >= 15 is 0 Å². The summed E-state index contributed by atoms with van der Waals surface area (Å²) in [6.45, 7) is -0.302. The van der Waals surface area contributed by atoms with Crippen molar-refractivity contribution >= 4 is 22.8 Å². The number of imidazole rings is 1. The van der Waals surface area contributed by atoms with E-state index in [0.717, 1.165) is 4.57 Å². The van der Waals surface area contributed by atoms with Gasteiger partial charge in [-0.2, -0.15) is 18.2 Å². The first kappa shape index (κ1) is 25.5. The van der Waals surface area contributed by atoms with Gasteiger partial charge in [0.15, 0.2) is 17.3 Å². The van der Waals surface area contributed by atoms with Crippen molar-refractivity contribution in [1.29, 1.82) is 0 Å². The van der Waals surface area contributed by atoms with Crippen LogP contribution in [-0.2, 0) is 12.7 Å². The van der Waals surface area contributed by atoms with Crippen LogP contribution in [0, 0.1) is 0 Å². The van der Waals surface area contributed by atoms with Gasteiger partial charge in [-0.1, -0.05) is 17.3 Å². The largest absolute Gasteiger partial charge is 0.493 e. The molecule has 37 heavy (non-hydrogen) atoms. The number of benzene rings is 2. The predicted octanol–water partition coefficient (Wildman–Crippen LogP) is 2.66. The van der Waals surface area contributed by atoms with E-state index in [-0.39, 0.29) is 29.9 Å². The number of nitrogens with one attached hydrogen (secondary N) is 2. The number of aromatic nitrogens is 4. The molecule has 0 atom stereocenters. The Bertz CT molecular complexity index is 1430. The lowest BCUT2D eigenvalue weighted by Gasteiger charge is -2.10. The number of methoxy groups -OCH3 is 2. The molecule has 0 fully saturated rings. The van der Waals surface area contributed by atoms with Crippen LogP contribution in [-0.4, -0.2) is 58.8 Å². The molecule has 0 aliphatic heterocycles. The molecule has 0 saturated heterocycles. The highest BCUT2D eigenvalue weighted by molar-refractivity contribution is 5.95. The molecule has 11 nitrogen and oxygen atoms in total. The Morgan fingerprint density at radius 2 is 1.68 bits per heavy atom. The third kappa shape index (κ3) is 5.63. The fraction of sp³-hybridized carbons (Fsp3) is 0.261. The summed E-state index contributed by atoms with van der Waals surface area (Å²) in [5, 5.41) is 8.74. The topological polar surface area (TPSA) is 133 Å². The highest BCUT2D eigenvalue weighted by Crippen LogP contribution is 2.32. The van der Waals surface area contributed by atoms with Crippen LogP contribution in [0.15, 0.2) is 47.0 Å². The van der Waals surface area contributed by atoms with Crippen LogP contribution in [0.2, 0.25) is 0 Å². The molecule has 2 amide bonds. The molecule has 0 radical (unpaired) electrons. The molecule has 2 aromatic heterocycles. The Morgan fingerprint density at radius 3 is 2.38 bits per heavy atom. The van der Waals surface area contributed by atoms with E-state index in [1.54, 1.807) is 24.3 Å². The Hall–Kier alpha value is -4.62. The molecular weight excluding hydrogens is 497 g/mol. The van der Waals surface area contributed by atoms with E-state index in [4.69, 9.17) is 14.0 Å². The van der Waals surface area contributed by atoms with Gasteiger partial charge in [-0.3, -0.25) is 9.59 Å². The number of ether oxygens (including phenoxy) is 2. The van der Waals surface area contributed by atoms with E-state index in [9.17, 15) is 22.8 Å². The Balaban J connectivity index is 1.34. The smallest absolute Gasteiger partial charge is 0.449 e. The Kier molecular flexibility index (Phi) is 7.27. The first-order chi connectivity index (χ1) is 17.7. The van der Waals surface area contributed by atoms with Crippen LogP contribution in [0.3, 0.4) is 0 Å². The van der Waals surface area contributed by atoms with Crippen molar-refractivity contribution in [3.05, 3.63) is 65.6 Å². The molecule has 0 saturated carbocycles. The van der Waals surface area contributed by atoms with Crippen molar-refractivity contribution < 1.29 is 36.8 Å². The number of para-hydroxylation sites is 2. The van der Waals surface area contributed by atoms with E-state index in [2.05, 4.69) is 25.8 Å². The minimum absolute atomic E-state index is 0.0277. The molecule has 194 valence electrons. The van der Waals surface area contributed by atoms with Crippen molar-refractivity contribution in [3.8, 4) is 11.5 Å². The second-order valence-corrected chi connectivity index (χ2v) is 7.61. The second-order valence-electron chi connectivity index (χ2n) is 7.61. The summed E-state index contributed by atoms with van der Waals surface area (Å²) in [6, 6.07) is 10.8. The van der Waals surface area contributed by atoms with Crippen molar-refractivity contribution in [3.63, 3.8) is 0 Å². The summed E-state index contributed by atoms with van der Waals surface area (Å²) in [4.78, 5) is 32.2. The molecule has 0 aliphatic rings. The third-order valence-electron chi connectivity index (χ3n) is 5.21. The van der Waals surface area contributed by atoms with E-state index in [1.807, 2.05) is 0 Å². The molecule has 0 spiro atoms. The molecule has 0 aliphatic carbocycles. The maximum Gasteiger partial charge on any atom is 0.449 e. The zero-order chi connectivity index (χ0) is 26.6. The maximum atomic E-state index is 13.5. The fourth-order valence-corrected chi connectivity index (χ4v) is 3.51. The Morgan fingerprint density at radius 1 is 0.973 bits per heavy atom. The number of hydrogen-bond donors (Lipinski definition) is 2. The highest BCUT2D eigenvalue weighted by Gasteiger charge is 2.38. The molecule has 0 unspecified atom stereocenters. The molecule has 0 bridgehead atoms. The van der Waals surface area contributed by atoms with Crippen molar-refractivity contribution in [2.75, 3.05) is 27.3 Å². The SMILES string of the molecule is COc1ccc(C(=O)NCCNC(=O)c2nc(Cn3c(C(F)(F)F)nc4ccccc43)no2)cc1OC. The van der Waals surface area contributed by atoms with E-state index < -0.39 is 36.3 Å². The van der Waals surface area contributed by atoms with Gasteiger partial charge in [0.1, 0.15) is 0 Å². The maximum absolute atomic E-state index is 13.5. The summed E-state index contributed by atoms with van der Waals surface area (Å²) in [5.74, 6) is -1.97. The first-order valence-corrected chi connectivity index (χ1v) is 10.8. The van der Waals surface area contributed by atoms with Gasteiger partial charge in [0.25, 0.3) is 5.91 Å². The van der Waals surface area contributed by atoms with Gasteiger partial charge in [-0.25, -0.2) is 4.98 Å². The quantitative estimate of drug-likeness (QED) is 0.323. The molecule has 4 rings (SSSR count). The van der Waals surface area contributed by atoms with Crippen LogP contribution >= 0.6 is 0 Å². The monoisotopic (exact) mass is 518 g/mol. The molecular formula is C23H21F3N6O5. The summed E-state index contributed by atoms with van der Waals surface area (Å²) >= 11 is 0. The second kappa shape index (κ2) is 10.6. The van der Waals surface area contributed by atoms with Gasteiger partial charge in [0.05, 0.1) is 31.8 Å². The zero-order valence-corrected chi connectivity index (χ0v) is 19.6.